The second-order valence-electron chi connectivity index (χ2n) is 5.22. The van der Waals surface area contributed by atoms with E-state index in [1.807, 2.05) is 0 Å². The van der Waals surface area contributed by atoms with Gasteiger partial charge in [-0.15, -0.1) is 0 Å². The summed E-state index contributed by atoms with van der Waals surface area (Å²) in [5.74, 6) is 0. The average molecular weight is 234 g/mol. The van der Waals surface area contributed by atoms with E-state index in [1.165, 1.54) is 5.56 Å². The van der Waals surface area contributed by atoms with Gasteiger partial charge in [0, 0.05) is 0 Å². The van der Waals surface area contributed by atoms with Gasteiger partial charge in [-0.1, -0.05) is 12.1 Å². The normalized spacial score (nSPS) is 31.8. The van der Waals surface area contributed by atoms with Crippen LogP contribution < -0.4 is 0 Å². The Morgan fingerprint density at radius 3 is 2.47 bits per heavy atom. The summed E-state index contributed by atoms with van der Waals surface area (Å²) in [6.07, 6.45) is 1.97. The van der Waals surface area contributed by atoms with Crippen molar-refractivity contribution in [3.05, 3.63) is 34.4 Å². The molecule has 1 aromatic rings. The fraction of sp³-hybridized carbons (Fsp3) is 0.571. The Hall–Kier alpha value is -0.900. The monoisotopic (exact) mass is 234 g/mol. The predicted octanol–water partition coefficient (Wildman–Crippen LogP) is 0.877. The first-order chi connectivity index (χ1) is 8.16. The Morgan fingerprint density at radius 2 is 1.65 bits per heavy atom. The molecule has 3 atom stereocenters. The van der Waals surface area contributed by atoms with Gasteiger partial charge in [-0.2, -0.15) is 0 Å². The van der Waals surface area contributed by atoms with Crippen LogP contribution in [0.1, 0.15) is 41.2 Å². The van der Waals surface area contributed by atoms with E-state index in [0.29, 0.717) is 12.8 Å². The topological polar surface area (TPSA) is 60.7 Å². The van der Waals surface area contributed by atoms with Crippen molar-refractivity contribution in [3.8, 4) is 0 Å². The van der Waals surface area contributed by atoms with Gasteiger partial charge in [-0.05, 0) is 54.4 Å². The molecule has 0 bridgehead atoms. The second kappa shape index (κ2) is 4.09. The fourth-order valence-electron chi connectivity index (χ4n) is 3.13. The summed E-state index contributed by atoms with van der Waals surface area (Å²) in [5.41, 5.74) is 4.32. The molecule has 0 aromatic heterocycles. The van der Waals surface area contributed by atoms with Crippen LogP contribution in [-0.2, 0) is 19.3 Å². The van der Waals surface area contributed by atoms with Crippen molar-refractivity contribution in [2.45, 2.75) is 50.4 Å². The molecule has 0 fully saturated rings. The molecule has 0 saturated carbocycles. The Kier molecular flexibility index (Phi) is 2.69. The lowest BCUT2D eigenvalue weighted by Gasteiger charge is -2.32. The zero-order valence-corrected chi connectivity index (χ0v) is 9.76. The maximum Gasteiger partial charge on any atom is 0.105 e. The molecule has 92 valence electrons. The first-order valence-electron chi connectivity index (χ1n) is 6.34. The van der Waals surface area contributed by atoms with Crippen LogP contribution in [0.15, 0.2) is 12.1 Å². The molecule has 0 amide bonds. The summed E-state index contributed by atoms with van der Waals surface area (Å²) in [7, 11) is 0. The Balaban J connectivity index is 2.12. The maximum absolute atomic E-state index is 10.1. The van der Waals surface area contributed by atoms with E-state index in [1.54, 1.807) is 0 Å². The Morgan fingerprint density at radius 1 is 0.941 bits per heavy atom. The van der Waals surface area contributed by atoms with Gasteiger partial charge in [-0.25, -0.2) is 0 Å². The first kappa shape index (κ1) is 11.2. The molecule has 3 N–H and O–H groups in total. The van der Waals surface area contributed by atoms with Crippen molar-refractivity contribution < 1.29 is 15.3 Å². The number of benzene rings is 1. The predicted molar refractivity (Wildman–Crippen MR) is 63.8 cm³/mol. The first-order valence-corrected chi connectivity index (χ1v) is 6.34. The Bertz CT molecular complexity index is 441. The van der Waals surface area contributed by atoms with E-state index >= 15 is 0 Å². The number of aryl methyl sites for hydroxylation is 2. The molecule has 0 radical (unpaired) electrons. The van der Waals surface area contributed by atoms with Crippen molar-refractivity contribution >= 4 is 0 Å². The minimum Gasteiger partial charge on any atom is -0.393 e. The summed E-state index contributed by atoms with van der Waals surface area (Å²) >= 11 is 0. The lowest BCUT2D eigenvalue weighted by atomic mass is 9.78. The van der Waals surface area contributed by atoms with E-state index in [-0.39, 0.29) is 6.10 Å². The third kappa shape index (κ3) is 1.79. The molecule has 2 aliphatic carbocycles. The van der Waals surface area contributed by atoms with Gasteiger partial charge < -0.3 is 15.3 Å². The lowest BCUT2D eigenvalue weighted by molar-refractivity contribution is 0.00531. The summed E-state index contributed by atoms with van der Waals surface area (Å²) in [6.45, 7) is 0. The van der Waals surface area contributed by atoms with E-state index in [4.69, 9.17) is 0 Å². The smallest absolute Gasteiger partial charge is 0.105 e. The van der Waals surface area contributed by atoms with Crippen molar-refractivity contribution in [3.63, 3.8) is 0 Å². The van der Waals surface area contributed by atoms with Gasteiger partial charge in [-0.3, -0.25) is 0 Å². The van der Waals surface area contributed by atoms with Crippen molar-refractivity contribution in [2.24, 2.45) is 0 Å². The van der Waals surface area contributed by atoms with Gasteiger partial charge in [0.15, 0.2) is 0 Å². The van der Waals surface area contributed by atoms with Crippen LogP contribution in [0, 0.1) is 0 Å². The van der Waals surface area contributed by atoms with E-state index in [0.717, 1.165) is 36.0 Å². The third-order valence-corrected chi connectivity index (χ3v) is 4.10. The number of aliphatic hydroxyl groups is 3. The number of rotatable bonds is 0. The van der Waals surface area contributed by atoms with E-state index in [2.05, 4.69) is 12.1 Å². The summed E-state index contributed by atoms with van der Waals surface area (Å²) in [6, 6.07) is 4.19. The largest absolute Gasteiger partial charge is 0.393 e. The number of aliphatic hydroxyl groups excluding tert-OH is 3. The minimum atomic E-state index is -0.779. The fourth-order valence-corrected chi connectivity index (χ4v) is 3.13. The zero-order chi connectivity index (χ0) is 12.0. The molecule has 0 spiro atoms. The second-order valence-corrected chi connectivity index (χ2v) is 5.22. The molecule has 3 nitrogen and oxygen atoms in total. The molecular weight excluding hydrogens is 216 g/mol. The quantitative estimate of drug-likeness (QED) is 0.624. The number of fused-ring (bicyclic) bond motifs is 3. The van der Waals surface area contributed by atoms with Crippen LogP contribution in [0.2, 0.25) is 0 Å². The van der Waals surface area contributed by atoms with Crippen LogP contribution in [0.3, 0.4) is 0 Å². The third-order valence-electron chi connectivity index (χ3n) is 4.10. The van der Waals surface area contributed by atoms with Crippen LogP contribution in [0.25, 0.3) is 0 Å². The molecule has 3 unspecified atom stereocenters. The maximum atomic E-state index is 10.1. The zero-order valence-electron chi connectivity index (χ0n) is 9.76. The molecule has 0 aliphatic heterocycles. The summed E-state index contributed by atoms with van der Waals surface area (Å²) in [5, 5.41) is 29.7. The number of hydrogen-bond donors (Lipinski definition) is 3. The van der Waals surface area contributed by atoms with E-state index in [9.17, 15) is 15.3 Å². The highest BCUT2D eigenvalue weighted by molar-refractivity contribution is 5.46. The Labute approximate surface area is 101 Å². The van der Waals surface area contributed by atoms with Gasteiger partial charge in [0.2, 0.25) is 0 Å². The van der Waals surface area contributed by atoms with Gasteiger partial charge in [0.05, 0.1) is 12.2 Å². The van der Waals surface area contributed by atoms with Crippen LogP contribution >= 0.6 is 0 Å². The number of hydrogen-bond acceptors (Lipinski definition) is 3. The molecule has 1 aromatic carbocycles. The van der Waals surface area contributed by atoms with Gasteiger partial charge in [0.1, 0.15) is 6.10 Å². The molecule has 3 rings (SSSR count). The SMILES string of the molecule is OC1CCc2ccc3c(c2C1)C(O)C(O)CC3. The molecule has 3 heteroatoms. The van der Waals surface area contributed by atoms with Crippen LogP contribution in [0.4, 0.5) is 0 Å². The summed E-state index contributed by atoms with van der Waals surface area (Å²) in [4.78, 5) is 0. The minimum absolute atomic E-state index is 0.305. The molecule has 0 saturated heterocycles. The molecular formula is C14H18O3. The van der Waals surface area contributed by atoms with Crippen molar-refractivity contribution in [2.75, 3.05) is 0 Å². The van der Waals surface area contributed by atoms with Gasteiger partial charge >= 0.3 is 0 Å². The highest BCUT2D eigenvalue weighted by Gasteiger charge is 2.31. The lowest BCUT2D eigenvalue weighted by Crippen LogP contribution is -2.29. The molecule has 2 aliphatic rings. The highest BCUT2D eigenvalue weighted by atomic mass is 16.3. The molecule has 17 heavy (non-hydrogen) atoms. The van der Waals surface area contributed by atoms with Gasteiger partial charge in [0.25, 0.3) is 0 Å². The molecule has 0 heterocycles. The van der Waals surface area contributed by atoms with Crippen LogP contribution in [-0.4, -0.2) is 27.5 Å². The standard InChI is InChI=1S/C14H18O3/c15-10-5-3-8-1-2-9-4-6-12(16)14(17)13(9)11(8)7-10/h1-2,10,12,14-17H,3-7H2. The van der Waals surface area contributed by atoms with Crippen molar-refractivity contribution in [1.29, 1.82) is 0 Å². The van der Waals surface area contributed by atoms with E-state index < -0.39 is 12.2 Å². The highest BCUT2D eigenvalue weighted by Crippen LogP contribution is 2.37. The van der Waals surface area contributed by atoms with Crippen LogP contribution in [0.5, 0.6) is 0 Å². The summed E-state index contributed by atoms with van der Waals surface area (Å²) < 4.78 is 0. The van der Waals surface area contributed by atoms with Crippen molar-refractivity contribution in [1.82, 2.24) is 0 Å². The average Bonchev–Trinajstić information content (AvgIpc) is 2.33.